The fourth-order valence-electron chi connectivity index (χ4n) is 2.04. The summed E-state index contributed by atoms with van der Waals surface area (Å²) in [4.78, 5) is 4.25. The minimum Gasteiger partial charge on any atom is -0.436 e. The predicted octanol–water partition coefficient (Wildman–Crippen LogP) is 3.15. The molecule has 0 aliphatic rings. The fourth-order valence-corrected chi connectivity index (χ4v) is 2.04. The van der Waals surface area contributed by atoms with E-state index in [0.717, 1.165) is 30.8 Å². The largest absolute Gasteiger partial charge is 0.436 e. The summed E-state index contributed by atoms with van der Waals surface area (Å²) in [6, 6.07) is 4.25. The molecule has 0 spiro atoms. The average Bonchev–Trinajstić information content (AvgIpc) is 2.87. The first kappa shape index (κ1) is 14.5. The number of aryl methyl sites for hydroxylation is 1. The number of ether oxygens (including phenoxy) is 1. The Bertz CT molecular complexity index is 538. The van der Waals surface area contributed by atoms with Gasteiger partial charge in [-0.2, -0.15) is 5.10 Å². The topological polar surface area (TPSA) is 52.0 Å². The van der Waals surface area contributed by atoms with Crippen LogP contribution in [-0.2, 0) is 6.54 Å². The van der Waals surface area contributed by atoms with Crippen molar-refractivity contribution in [3.63, 3.8) is 0 Å². The summed E-state index contributed by atoms with van der Waals surface area (Å²) in [7, 11) is 0. The van der Waals surface area contributed by atoms with E-state index in [-0.39, 0.29) is 6.04 Å². The van der Waals surface area contributed by atoms with Crippen molar-refractivity contribution in [2.24, 2.45) is 0 Å². The summed E-state index contributed by atoms with van der Waals surface area (Å²) < 4.78 is 7.63. The number of nitrogens with one attached hydrogen (secondary N) is 1. The van der Waals surface area contributed by atoms with Gasteiger partial charge in [-0.3, -0.25) is 4.68 Å². The second kappa shape index (κ2) is 7.05. The van der Waals surface area contributed by atoms with Crippen molar-refractivity contribution in [2.75, 3.05) is 6.54 Å². The molecule has 2 heterocycles. The van der Waals surface area contributed by atoms with Crippen LogP contribution in [-0.4, -0.2) is 21.3 Å². The standard InChI is InChI=1S/C15H22N4O/c1-4-8-19-11-14(10-18-19)20-15-9-13(6-7-17-15)12(3)16-5-2/h6-7,9-12,16H,4-5,8H2,1-3H3. The van der Waals surface area contributed by atoms with E-state index in [1.165, 1.54) is 0 Å². The molecule has 1 unspecified atom stereocenters. The number of rotatable bonds is 7. The molecule has 2 aromatic rings. The van der Waals surface area contributed by atoms with Gasteiger partial charge in [-0.25, -0.2) is 4.98 Å². The number of hydrogen-bond acceptors (Lipinski definition) is 4. The zero-order valence-electron chi connectivity index (χ0n) is 12.3. The number of nitrogens with zero attached hydrogens (tertiary/aromatic N) is 3. The molecule has 108 valence electrons. The lowest BCUT2D eigenvalue weighted by atomic mass is 10.1. The molecule has 1 N–H and O–H groups in total. The third kappa shape index (κ3) is 3.81. The zero-order chi connectivity index (χ0) is 14.4. The number of hydrogen-bond donors (Lipinski definition) is 1. The van der Waals surface area contributed by atoms with Crippen LogP contribution >= 0.6 is 0 Å². The van der Waals surface area contributed by atoms with Crippen molar-refractivity contribution < 1.29 is 4.74 Å². The van der Waals surface area contributed by atoms with Crippen molar-refractivity contribution in [2.45, 2.75) is 39.8 Å². The molecule has 0 saturated heterocycles. The van der Waals surface area contributed by atoms with Crippen molar-refractivity contribution in [1.29, 1.82) is 0 Å². The summed E-state index contributed by atoms with van der Waals surface area (Å²) in [6.45, 7) is 8.17. The number of pyridine rings is 1. The lowest BCUT2D eigenvalue weighted by Crippen LogP contribution is -2.17. The molecule has 0 amide bonds. The Morgan fingerprint density at radius 2 is 2.25 bits per heavy atom. The van der Waals surface area contributed by atoms with E-state index in [1.807, 2.05) is 23.0 Å². The highest BCUT2D eigenvalue weighted by Crippen LogP contribution is 2.22. The van der Waals surface area contributed by atoms with Crippen LogP contribution in [0.2, 0.25) is 0 Å². The van der Waals surface area contributed by atoms with E-state index in [2.05, 4.69) is 36.2 Å². The van der Waals surface area contributed by atoms with E-state index in [9.17, 15) is 0 Å². The van der Waals surface area contributed by atoms with Crippen molar-refractivity contribution in [3.05, 3.63) is 36.3 Å². The Kier molecular flexibility index (Phi) is 5.12. The van der Waals surface area contributed by atoms with Crippen molar-refractivity contribution in [3.8, 4) is 11.6 Å². The van der Waals surface area contributed by atoms with Gasteiger partial charge in [0.2, 0.25) is 5.88 Å². The Balaban J connectivity index is 2.06. The van der Waals surface area contributed by atoms with E-state index in [1.54, 1.807) is 12.4 Å². The highest BCUT2D eigenvalue weighted by atomic mass is 16.5. The second-order valence-corrected chi connectivity index (χ2v) is 4.75. The average molecular weight is 274 g/mol. The van der Waals surface area contributed by atoms with Gasteiger partial charge >= 0.3 is 0 Å². The van der Waals surface area contributed by atoms with Gasteiger partial charge in [0.05, 0.1) is 12.4 Å². The molecule has 2 aromatic heterocycles. The molecule has 0 saturated carbocycles. The van der Waals surface area contributed by atoms with E-state index in [0.29, 0.717) is 5.88 Å². The maximum absolute atomic E-state index is 5.75. The van der Waals surface area contributed by atoms with Gasteiger partial charge in [-0.1, -0.05) is 13.8 Å². The molecule has 0 bridgehead atoms. The monoisotopic (exact) mass is 274 g/mol. The lowest BCUT2D eigenvalue weighted by molar-refractivity contribution is 0.458. The molecule has 1 atom stereocenters. The molecule has 0 fully saturated rings. The van der Waals surface area contributed by atoms with Crippen LogP contribution in [0.15, 0.2) is 30.7 Å². The fraction of sp³-hybridized carbons (Fsp3) is 0.467. The van der Waals surface area contributed by atoms with Gasteiger partial charge in [0.1, 0.15) is 0 Å². The second-order valence-electron chi connectivity index (χ2n) is 4.75. The van der Waals surface area contributed by atoms with Crippen molar-refractivity contribution in [1.82, 2.24) is 20.1 Å². The highest BCUT2D eigenvalue weighted by molar-refractivity contribution is 5.27. The van der Waals surface area contributed by atoms with E-state index >= 15 is 0 Å². The summed E-state index contributed by atoms with van der Waals surface area (Å²) in [6.07, 6.45) is 6.44. The molecule has 5 heteroatoms. The summed E-state index contributed by atoms with van der Waals surface area (Å²) in [5.41, 5.74) is 1.16. The van der Waals surface area contributed by atoms with Gasteiger partial charge < -0.3 is 10.1 Å². The third-order valence-corrected chi connectivity index (χ3v) is 3.05. The zero-order valence-corrected chi connectivity index (χ0v) is 12.3. The quantitative estimate of drug-likeness (QED) is 0.842. The molecule has 20 heavy (non-hydrogen) atoms. The van der Waals surface area contributed by atoms with Crippen LogP contribution in [0.3, 0.4) is 0 Å². The van der Waals surface area contributed by atoms with Gasteiger partial charge in [-0.05, 0) is 31.5 Å². The number of aromatic nitrogens is 3. The minimum atomic E-state index is 0.285. The van der Waals surface area contributed by atoms with Gasteiger partial charge in [0, 0.05) is 24.8 Å². The van der Waals surface area contributed by atoms with Crippen LogP contribution in [0.1, 0.15) is 38.8 Å². The Hall–Kier alpha value is -1.88. The van der Waals surface area contributed by atoms with E-state index < -0.39 is 0 Å². The van der Waals surface area contributed by atoms with Crippen LogP contribution in [0.5, 0.6) is 11.6 Å². The van der Waals surface area contributed by atoms with E-state index in [4.69, 9.17) is 4.74 Å². The molecular weight excluding hydrogens is 252 g/mol. The summed E-state index contributed by atoms with van der Waals surface area (Å²) >= 11 is 0. The normalized spacial score (nSPS) is 12.3. The molecule has 0 radical (unpaired) electrons. The maximum atomic E-state index is 5.75. The first-order valence-electron chi connectivity index (χ1n) is 7.12. The highest BCUT2D eigenvalue weighted by Gasteiger charge is 2.07. The summed E-state index contributed by atoms with van der Waals surface area (Å²) in [5.74, 6) is 1.32. The molecule has 2 rings (SSSR count). The lowest BCUT2D eigenvalue weighted by Gasteiger charge is -2.13. The molecule has 0 aliphatic heterocycles. The maximum Gasteiger partial charge on any atom is 0.219 e. The minimum absolute atomic E-state index is 0.285. The SMILES string of the molecule is CCCn1cc(Oc2cc(C(C)NCC)ccn2)cn1. The van der Waals surface area contributed by atoms with Crippen LogP contribution in [0.4, 0.5) is 0 Å². The Labute approximate surface area is 120 Å². The van der Waals surface area contributed by atoms with Crippen molar-refractivity contribution >= 4 is 0 Å². The Morgan fingerprint density at radius 3 is 3.00 bits per heavy atom. The Morgan fingerprint density at radius 1 is 1.40 bits per heavy atom. The summed E-state index contributed by atoms with van der Waals surface area (Å²) in [5, 5.41) is 7.61. The van der Waals surface area contributed by atoms with Crippen LogP contribution < -0.4 is 10.1 Å². The van der Waals surface area contributed by atoms with Gasteiger partial charge in [0.25, 0.3) is 0 Å². The van der Waals surface area contributed by atoms with Gasteiger partial charge in [0.15, 0.2) is 5.75 Å². The van der Waals surface area contributed by atoms with Crippen LogP contribution in [0.25, 0.3) is 0 Å². The van der Waals surface area contributed by atoms with Crippen LogP contribution in [0, 0.1) is 0 Å². The molecule has 0 aromatic carbocycles. The predicted molar refractivity (Wildman–Crippen MR) is 78.9 cm³/mol. The smallest absolute Gasteiger partial charge is 0.219 e. The molecular formula is C15H22N4O. The first-order chi connectivity index (χ1) is 9.72. The molecule has 0 aliphatic carbocycles. The third-order valence-electron chi connectivity index (χ3n) is 3.05. The first-order valence-corrected chi connectivity index (χ1v) is 7.12. The molecule has 5 nitrogen and oxygen atoms in total. The van der Waals surface area contributed by atoms with Gasteiger partial charge in [-0.15, -0.1) is 0 Å².